The Hall–Kier alpha value is -0.910. The number of hydrogen-bond acceptors (Lipinski definition) is 3. The number of phenolic OH excluding ortho intramolecular Hbond substituents is 1. The van der Waals surface area contributed by atoms with E-state index in [-0.39, 0.29) is 17.1 Å². The second kappa shape index (κ2) is 4.74. The lowest BCUT2D eigenvalue weighted by atomic mass is 10.1. The highest BCUT2D eigenvalue weighted by molar-refractivity contribution is 6.32. The summed E-state index contributed by atoms with van der Waals surface area (Å²) in [5.74, 6) is -3.69. The number of benzene rings is 1. The van der Waals surface area contributed by atoms with Crippen LogP contribution in [0.5, 0.6) is 5.75 Å². The van der Waals surface area contributed by atoms with Crippen molar-refractivity contribution in [2.45, 2.75) is 6.10 Å². The number of aliphatic hydroxyl groups excluding tert-OH is 1. The zero-order chi connectivity index (χ0) is 11.6. The first-order valence-corrected chi connectivity index (χ1v) is 4.55. The Kier molecular flexibility index (Phi) is 3.84. The minimum Gasteiger partial charge on any atom is -0.504 e. The Labute approximate surface area is 90.3 Å². The number of halogens is 3. The zero-order valence-electron chi connectivity index (χ0n) is 7.89. The van der Waals surface area contributed by atoms with E-state index >= 15 is 0 Å². The molecule has 0 saturated heterocycles. The van der Waals surface area contributed by atoms with E-state index in [1.54, 1.807) is 7.05 Å². The molecule has 15 heavy (non-hydrogen) atoms. The number of nitrogens with one attached hydrogen (secondary N) is 1. The Morgan fingerprint density at radius 2 is 2.07 bits per heavy atom. The molecule has 1 unspecified atom stereocenters. The van der Waals surface area contributed by atoms with E-state index in [4.69, 9.17) is 16.7 Å². The van der Waals surface area contributed by atoms with Gasteiger partial charge in [-0.2, -0.15) is 4.39 Å². The summed E-state index contributed by atoms with van der Waals surface area (Å²) in [6.45, 7) is 0.0530. The SMILES string of the molecule is CNCC(O)c1cc(Cl)c(O)c(F)c1F. The predicted octanol–water partition coefficient (Wildman–Crippen LogP) is 1.58. The molecule has 1 aromatic rings. The quantitative estimate of drug-likeness (QED) is 0.700. The van der Waals surface area contributed by atoms with Crippen LogP contribution in [0.1, 0.15) is 11.7 Å². The van der Waals surface area contributed by atoms with E-state index in [0.29, 0.717) is 0 Å². The molecule has 0 aliphatic rings. The van der Waals surface area contributed by atoms with Gasteiger partial charge in [-0.15, -0.1) is 0 Å². The molecule has 0 radical (unpaired) electrons. The fraction of sp³-hybridized carbons (Fsp3) is 0.333. The molecule has 1 aromatic carbocycles. The van der Waals surface area contributed by atoms with Crippen LogP contribution in [0.4, 0.5) is 8.78 Å². The smallest absolute Gasteiger partial charge is 0.202 e. The molecule has 0 aliphatic heterocycles. The van der Waals surface area contributed by atoms with Gasteiger partial charge < -0.3 is 15.5 Å². The first kappa shape index (κ1) is 12.2. The normalized spacial score (nSPS) is 12.9. The average Bonchev–Trinajstić information content (AvgIpc) is 2.20. The van der Waals surface area contributed by atoms with Gasteiger partial charge in [0.2, 0.25) is 5.82 Å². The van der Waals surface area contributed by atoms with Gasteiger partial charge in [-0.1, -0.05) is 11.6 Å². The molecule has 84 valence electrons. The summed E-state index contributed by atoms with van der Waals surface area (Å²) in [4.78, 5) is 0. The lowest BCUT2D eigenvalue weighted by molar-refractivity contribution is 0.171. The fourth-order valence-electron chi connectivity index (χ4n) is 1.15. The van der Waals surface area contributed by atoms with Crippen molar-refractivity contribution in [1.29, 1.82) is 0 Å². The monoisotopic (exact) mass is 237 g/mol. The molecular formula is C9H10ClF2NO2. The van der Waals surface area contributed by atoms with Crippen molar-refractivity contribution in [2.75, 3.05) is 13.6 Å². The summed E-state index contributed by atoms with van der Waals surface area (Å²) in [6, 6.07) is 0.997. The van der Waals surface area contributed by atoms with Crippen molar-refractivity contribution in [1.82, 2.24) is 5.32 Å². The van der Waals surface area contributed by atoms with Gasteiger partial charge in [0.15, 0.2) is 11.6 Å². The second-order valence-corrected chi connectivity index (χ2v) is 3.40. The predicted molar refractivity (Wildman–Crippen MR) is 51.9 cm³/mol. The van der Waals surface area contributed by atoms with Gasteiger partial charge in [-0.05, 0) is 13.1 Å². The van der Waals surface area contributed by atoms with Crippen LogP contribution in [0, 0.1) is 11.6 Å². The van der Waals surface area contributed by atoms with Crippen molar-refractivity contribution in [2.24, 2.45) is 0 Å². The van der Waals surface area contributed by atoms with Crippen molar-refractivity contribution in [3.8, 4) is 5.75 Å². The Morgan fingerprint density at radius 3 is 2.60 bits per heavy atom. The van der Waals surface area contributed by atoms with Gasteiger partial charge in [-0.3, -0.25) is 0 Å². The molecule has 0 spiro atoms. The summed E-state index contributed by atoms with van der Waals surface area (Å²) in [6.07, 6.45) is -1.22. The van der Waals surface area contributed by atoms with Crippen molar-refractivity contribution in [3.63, 3.8) is 0 Å². The molecule has 0 aromatic heterocycles. The molecule has 1 rings (SSSR count). The van der Waals surface area contributed by atoms with Gasteiger partial charge >= 0.3 is 0 Å². The minimum atomic E-state index is -1.45. The fourth-order valence-corrected chi connectivity index (χ4v) is 1.35. The molecule has 3 N–H and O–H groups in total. The van der Waals surface area contributed by atoms with Crippen LogP contribution in [0.2, 0.25) is 5.02 Å². The standard InChI is InChI=1S/C9H10ClF2NO2/c1-13-3-6(14)4-2-5(10)9(15)8(12)7(4)11/h2,6,13-15H,3H2,1H3. The van der Waals surface area contributed by atoms with Crippen molar-refractivity contribution < 1.29 is 19.0 Å². The Morgan fingerprint density at radius 1 is 1.47 bits per heavy atom. The van der Waals surface area contributed by atoms with E-state index in [0.717, 1.165) is 6.07 Å². The highest BCUT2D eigenvalue weighted by atomic mass is 35.5. The highest BCUT2D eigenvalue weighted by Gasteiger charge is 2.21. The maximum atomic E-state index is 13.2. The van der Waals surface area contributed by atoms with E-state index in [2.05, 4.69) is 5.32 Å². The maximum absolute atomic E-state index is 13.2. The number of rotatable bonds is 3. The van der Waals surface area contributed by atoms with Gasteiger partial charge in [0.25, 0.3) is 0 Å². The third-order valence-corrected chi connectivity index (χ3v) is 2.21. The highest BCUT2D eigenvalue weighted by Crippen LogP contribution is 2.32. The summed E-state index contributed by atoms with van der Waals surface area (Å²) in [5.41, 5.74) is -0.287. The molecule has 3 nitrogen and oxygen atoms in total. The van der Waals surface area contributed by atoms with E-state index in [1.165, 1.54) is 0 Å². The Bertz CT molecular complexity index is 374. The van der Waals surface area contributed by atoms with E-state index in [9.17, 15) is 13.9 Å². The summed E-state index contributed by atoms with van der Waals surface area (Å²) >= 11 is 5.45. The molecule has 0 aliphatic carbocycles. The van der Waals surface area contributed by atoms with Crippen LogP contribution in [0.25, 0.3) is 0 Å². The topological polar surface area (TPSA) is 52.5 Å². The van der Waals surface area contributed by atoms with Gasteiger partial charge in [0.05, 0.1) is 11.1 Å². The average molecular weight is 238 g/mol. The minimum absolute atomic E-state index is 0.0530. The maximum Gasteiger partial charge on any atom is 0.202 e. The van der Waals surface area contributed by atoms with Gasteiger partial charge in [-0.25, -0.2) is 4.39 Å². The molecule has 0 saturated carbocycles. The van der Waals surface area contributed by atoms with E-state index in [1.807, 2.05) is 0 Å². The number of likely N-dealkylation sites (N-methyl/N-ethyl adjacent to an activating group) is 1. The number of aromatic hydroxyl groups is 1. The third kappa shape index (κ3) is 2.37. The molecular weight excluding hydrogens is 228 g/mol. The molecule has 6 heteroatoms. The van der Waals surface area contributed by atoms with Gasteiger partial charge in [0, 0.05) is 12.1 Å². The number of aliphatic hydroxyl groups is 1. The molecule has 0 fully saturated rings. The summed E-state index contributed by atoms with van der Waals surface area (Å²) in [5, 5.41) is 20.7. The van der Waals surface area contributed by atoms with E-state index < -0.39 is 23.5 Å². The zero-order valence-corrected chi connectivity index (χ0v) is 8.65. The molecule has 0 bridgehead atoms. The van der Waals surface area contributed by atoms with Crippen LogP contribution >= 0.6 is 11.6 Å². The first-order chi connectivity index (χ1) is 6.99. The summed E-state index contributed by atoms with van der Waals surface area (Å²) in [7, 11) is 1.56. The molecule has 1 atom stereocenters. The van der Waals surface area contributed by atoms with Gasteiger partial charge in [0.1, 0.15) is 0 Å². The van der Waals surface area contributed by atoms with Crippen LogP contribution in [-0.4, -0.2) is 23.8 Å². The first-order valence-electron chi connectivity index (χ1n) is 4.18. The molecule has 0 heterocycles. The Balaban J connectivity index is 3.19. The van der Waals surface area contributed by atoms with Crippen LogP contribution in [0.3, 0.4) is 0 Å². The summed E-state index contributed by atoms with van der Waals surface area (Å²) < 4.78 is 26.2. The number of phenols is 1. The van der Waals surface area contributed by atoms with Crippen molar-refractivity contribution in [3.05, 3.63) is 28.3 Å². The van der Waals surface area contributed by atoms with Crippen molar-refractivity contribution >= 4 is 11.6 Å². The van der Waals surface area contributed by atoms with Crippen LogP contribution in [0.15, 0.2) is 6.07 Å². The third-order valence-electron chi connectivity index (χ3n) is 1.92. The lowest BCUT2D eigenvalue weighted by Gasteiger charge is -2.13. The lowest BCUT2D eigenvalue weighted by Crippen LogP contribution is -2.18. The second-order valence-electron chi connectivity index (χ2n) is 3.00. The van der Waals surface area contributed by atoms with Crippen LogP contribution < -0.4 is 5.32 Å². The molecule has 0 amide bonds. The largest absolute Gasteiger partial charge is 0.504 e. The van der Waals surface area contributed by atoms with Crippen LogP contribution in [-0.2, 0) is 0 Å². The number of hydrogen-bond donors (Lipinski definition) is 3.